The molecule has 1 saturated heterocycles. The van der Waals surface area contributed by atoms with Crippen LogP contribution >= 0.6 is 0 Å². The van der Waals surface area contributed by atoms with Gasteiger partial charge in [-0.05, 0) is 19.3 Å². The first-order chi connectivity index (χ1) is 6.02. The Morgan fingerprint density at radius 2 is 2.15 bits per heavy atom. The summed E-state index contributed by atoms with van der Waals surface area (Å²) >= 11 is 0. The number of hydrogen-bond donors (Lipinski definition) is 2. The van der Waals surface area contributed by atoms with Crippen molar-refractivity contribution < 1.29 is 14.7 Å². The monoisotopic (exact) mass is 186 g/mol. The zero-order chi connectivity index (χ0) is 10.0. The van der Waals surface area contributed by atoms with Crippen LogP contribution in [0.25, 0.3) is 0 Å². The van der Waals surface area contributed by atoms with Crippen molar-refractivity contribution in [1.29, 1.82) is 0 Å². The Bertz CT molecular complexity index is 221. The molecule has 0 radical (unpaired) electrons. The Morgan fingerprint density at radius 3 is 2.38 bits per heavy atom. The molecule has 2 atom stereocenters. The van der Waals surface area contributed by atoms with Crippen LogP contribution < -0.4 is 5.84 Å². The second-order valence-corrected chi connectivity index (χ2v) is 3.43. The molecule has 0 aromatic carbocycles. The number of hydrogen-bond acceptors (Lipinski definition) is 3. The highest BCUT2D eigenvalue weighted by atomic mass is 16.4. The van der Waals surface area contributed by atoms with E-state index in [0.29, 0.717) is 6.04 Å². The van der Waals surface area contributed by atoms with Crippen LogP contribution in [0.3, 0.4) is 0 Å². The van der Waals surface area contributed by atoms with Gasteiger partial charge >= 0.3 is 0 Å². The number of carboxylic acids is 1. The van der Waals surface area contributed by atoms with Gasteiger partial charge in [-0.3, -0.25) is 14.6 Å². The van der Waals surface area contributed by atoms with Crippen LogP contribution in [0.4, 0.5) is 0 Å². The zero-order valence-corrected chi connectivity index (χ0v) is 7.56. The molecule has 3 N–H and O–H groups in total. The van der Waals surface area contributed by atoms with Crippen LogP contribution in [-0.4, -0.2) is 28.0 Å². The van der Waals surface area contributed by atoms with Crippen LogP contribution in [0.15, 0.2) is 0 Å². The smallest absolute Gasteiger partial charge is 0.300 e. The van der Waals surface area contributed by atoms with E-state index in [1.54, 1.807) is 0 Å². The zero-order valence-electron chi connectivity index (χ0n) is 7.56. The molecule has 1 amide bonds. The molecule has 13 heavy (non-hydrogen) atoms. The van der Waals surface area contributed by atoms with Gasteiger partial charge in [0.15, 0.2) is 0 Å². The van der Waals surface area contributed by atoms with E-state index < -0.39 is 5.97 Å². The van der Waals surface area contributed by atoms with Crippen molar-refractivity contribution in [2.24, 2.45) is 11.8 Å². The number of fused-ring (bicyclic) bond motifs is 2. The molecule has 0 aromatic rings. The maximum absolute atomic E-state index is 11.0. The quantitative estimate of drug-likeness (QED) is 0.411. The summed E-state index contributed by atoms with van der Waals surface area (Å²) in [5.41, 5.74) is 0. The number of nitrogens with two attached hydrogens (primary N) is 1. The Hall–Kier alpha value is -1.10. The highest BCUT2D eigenvalue weighted by Crippen LogP contribution is 2.36. The van der Waals surface area contributed by atoms with E-state index in [4.69, 9.17) is 15.7 Å². The van der Waals surface area contributed by atoms with Gasteiger partial charge in [0.2, 0.25) is 5.91 Å². The normalized spacial score (nSPS) is 30.0. The minimum Gasteiger partial charge on any atom is -0.481 e. The lowest BCUT2D eigenvalue weighted by atomic mass is 10.1. The summed E-state index contributed by atoms with van der Waals surface area (Å²) < 4.78 is 0. The van der Waals surface area contributed by atoms with Crippen molar-refractivity contribution in [3.63, 3.8) is 0 Å². The van der Waals surface area contributed by atoms with E-state index in [9.17, 15) is 4.79 Å². The molecule has 1 aliphatic carbocycles. The SMILES string of the molecule is CC(=O)O.NN1C(=O)C2CCC1C2. The number of hydrazine groups is 1. The van der Waals surface area contributed by atoms with Crippen LogP contribution in [0.2, 0.25) is 0 Å². The summed E-state index contributed by atoms with van der Waals surface area (Å²) in [7, 11) is 0. The number of amides is 1. The van der Waals surface area contributed by atoms with E-state index in [2.05, 4.69) is 0 Å². The van der Waals surface area contributed by atoms with Gasteiger partial charge in [0, 0.05) is 18.9 Å². The molecule has 2 rings (SSSR count). The molecule has 1 heterocycles. The summed E-state index contributed by atoms with van der Waals surface area (Å²) in [5, 5.41) is 8.83. The van der Waals surface area contributed by atoms with Gasteiger partial charge in [-0.1, -0.05) is 0 Å². The third-order valence-corrected chi connectivity index (χ3v) is 2.40. The molecule has 0 aromatic heterocycles. The third-order valence-electron chi connectivity index (χ3n) is 2.40. The first-order valence-corrected chi connectivity index (χ1v) is 4.29. The largest absolute Gasteiger partial charge is 0.481 e. The molecular weight excluding hydrogens is 172 g/mol. The summed E-state index contributed by atoms with van der Waals surface area (Å²) in [4.78, 5) is 20.0. The fourth-order valence-electron chi connectivity index (χ4n) is 1.83. The number of piperidine rings is 1. The molecule has 5 heteroatoms. The topological polar surface area (TPSA) is 83.6 Å². The maximum atomic E-state index is 11.0. The average Bonchev–Trinajstić information content (AvgIpc) is 2.55. The highest BCUT2D eigenvalue weighted by molar-refractivity contribution is 5.81. The number of carboxylic acid groups (broad SMARTS) is 1. The van der Waals surface area contributed by atoms with Crippen LogP contribution in [-0.2, 0) is 9.59 Å². The number of aliphatic carboxylic acids is 1. The lowest BCUT2D eigenvalue weighted by molar-refractivity contribution is -0.135. The summed E-state index contributed by atoms with van der Waals surface area (Å²) in [6.07, 6.45) is 3.19. The number of carbonyl (C=O) groups excluding carboxylic acids is 1. The molecule has 2 fully saturated rings. The van der Waals surface area contributed by atoms with Gasteiger partial charge < -0.3 is 5.11 Å². The Balaban J connectivity index is 0.000000184. The number of rotatable bonds is 0. The van der Waals surface area contributed by atoms with E-state index in [0.717, 1.165) is 26.2 Å². The van der Waals surface area contributed by atoms with Crippen molar-refractivity contribution in [3.05, 3.63) is 0 Å². The molecule has 2 unspecified atom stereocenters. The van der Waals surface area contributed by atoms with Crippen LogP contribution in [0.5, 0.6) is 0 Å². The van der Waals surface area contributed by atoms with E-state index in [-0.39, 0.29) is 11.8 Å². The Morgan fingerprint density at radius 1 is 1.62 bits per heavy atom. The fraction of sp³-hybridized carbons (Fsp3) is 0.750. The first kappa shape index (κ1) is 9.98. The van der Waals surface area contributed by atoms with Gasteiger partial charge in [0.1, 0.15) is 0 Å². The number of nitrogens with zero attached hydrogens (tertiary/aromatic N) is 1. The van der Waals surface area contributed by atoms with Crippen molar-refractivity contribution in [1.82, 2.24) is 5.01 Å². The molecule has 0 spiro atoms. The highest BCUT2D eigenvalue weighted by Gasteiger charge is 2.43. The van der Waals surface area contributed by atoms with Gasteiger partial charge in [-0.15, -0.1) is 0 Å². The molecule has 2 aliphatic rings. The van der Waals surface area contributed by atoms with E-state index in [1.807, 2.05) is 0 Å². The Kier molecular flexibility index (Phi) is 2.87. The maximum Gasteiger partial charge on any atom is 0.300 e. The standard InChI is InChI=1S/C6H10N2O.C2H4O2/c7-8-5-2-1-4(3-5)6(8)9;1-2(3)4/h4-5H,1-3,7H2;1H3,(H,3,4). The minimum atomic E-state index is -0.833. The predicted octanol–water partition coefficient (Wildman–Crippen LogP) is -0.0381. The second kappa shape index (κ2) is 3.74. The lowest BCUT2D eigenvalue weighted by Crippen LogP contribution is -2.42. The summed E-state index contributed by atoms with van der Waals surface area (Å²) in [6, 6.07) is 0.377. The molecular formula is C8H14N2O3. The van der Waals surface area contributed by atoms with Gasteiger partial charge in [-0.25, -0.2) is 5.84 Å². The van der Waals surface area contributed by atoms with Crippen molar-refractivity contribution in [2.45, 2.75) is 32.2 Å². The third kappa shape index (κ3) is 2.18. The second-order valence-electron chi connectivity index (χ2n) is 3.43. The van der Waals surface area contributed by atoms with Gasteiger partial charge in [0.25, 0.3) is 5.97 Å². The molecule has 1 saturated carbocycles. The first-order valence-electron chi connectivity index (χ1n) is 4.29. The van der Waals surface area contributed by atoms with Gasteiger partial charge in [0.05, 0.1) is 0 Å². The van der Waals surface area contributed by atoms with E-state index >= 15 is 0 Å². The molecule has 74 valence electrons. The Labute approximate surface area is 76.5 Å². The van der Waals surface area contributed by atoms with Crippen LogP contribution in [0.1, 0.15) is 26.2 Å². The molecule has 5 nitrogen and oxygen atoms in total. The van der Waals surface area contributed by atoms with Gasteiger partial charge in [-0.2, -0.15) is 0 Å². The number of carbonyl (C=O) groups is 2. The van der Waals surface area contributed by atoms with Crippen molar-refractivity contribution in [2.75, 3.05) is 0 Å². The van der Waals surface area contributed by atoms with Crippen LogP contribution in [0, 0.1) is 5.92 Å². The average molecular weight is 186 g/mol. The minimum absolute atomic E-state index is 0.159. The predicted molar refractivity (Wildman–Crippen MR) is 45.5 cm³/mol. The lowest BCUT2D eigenvalue weighted by Gasteiger charge is -2.20. The summed E-state index contributed by atoms with van der Waals surface area (Å²) in [6.45, 7) is 1.08. The molecule has 1 aliphatic heterocycles. The van der Waals surface area contributed by atoms with Crippen molar-refractivity contribution >= 4 is 11.9 Å². The molecule has 2 bridgehead atoms. The summed E-state index contributed by atoms with van der Waals surface area (Å²) in [5.74, 6) is 5.05. The van der Waals surface area contributed by atoms with Crippen molar-refractivity contribution in [3.8, 4) is 0 Å². The fourth-order valence-corrected chi connectivity index (χ4v) is 1.83. The van der Waals surface area contributed by atoms with E-state index in [1.165, 1.54) is 5.01 Å².